The minimum atomic E-state index is -0.855. The summed E-state index contributed by atoms with van der Waals surface area (Å²) >= 11 is 0. The third-order valence-corrected chi connectivity index (χ3v) is 4.28. The molecule has 7 nitrogen and oxygen atoms in total. The summed E-state index contributed by atoms with van der Waals surface area (Å²) < 4.78 is 11.1. The van der Waals surface area contributed by atoms with Gasteiger partial charge in [-0.05, 0) is 25.0 Å². The summed E-state index contributed by atoms with van der Waals surface area (Å²) in [5.41, 5.74) is 0.697. The molecule has 24 heavy (non-hydrogen) atoms. The number of nitrogens with zero attached hydrogens (tertiary/aromatic N) is 1. The Morgan fingerprint density at radius 3 is 2.96 bits per heavy atom. The van der Waals surface area contributed by atoms with Crippen LogP contribution in [0.25, 0.3) is 11.0 Å². The highest BCUT2D eigenvalue weighted by atomic mass is 16.5. The molecule has 2 aromatic rings. The number of furan rings is 1. The van der Waals surface area contributed by atoms with Gasteiger partial charge in [0.15, 0.2) is 11.5 Å². The van der Waals surface area contributed by atoms with Crippen molar-refractivity contribution in [3.8, 4) is 5.75 Å². The number of ether oxygens (including phenoxy) is 1. The Hall–Kier alpha value is -2.70. The minimum absolute atomic E-state index is 0.185. The molecule has 0 radical (unpaired) electrons. The monoisotopic (exact) mass is 332 g/mol. The molecule has 128 valence electrons. The molecule has 1 aromatic carbocycles. The van der Waals surface area contributed by atoms with Crippen LogP contribution in [0, 0.1) is 5.92 Å². The second-order valence-corrected chi connectivity index (χ2v) is 5.84. The van der Waals surface area contributed by atoms with Gasteiger partial charge in [-0.25, -0.2) is 4.79 Å². The standard InChI is InChI=1S/C17H20N2O5/c1-23-15-12-6-2-3-7-13(12)24-14(15)9-18-17(22)19-8-4-5-11(10-19)16(20)21/h2-3,6-7,11H,4-5,8-10H2,1H3,(H,18,22)(H,20,21). The van der Waals surface area contributed by atoms with E-state index >= 15 is 0 Å². The molecule has 2 N–H and O–H groups in total. The van der Waals surface area contributed by atoms with Gasteiger partial charge in [-0.1, -0.05) is 12.1 Å². The van der Waals surface area contributed by atoms with Gasteiger partial charge in [-0.2, -0.15) is 0 Å². The van der Waals surface area contributed by atoms with E-state index in [0.717, 1.165) is 5.39 Å². The first-order valence-corrected chi connectivity index (χ1v) is 7.90. The van der Waals surface area contributed by atoms with Crippen LogP contribution in [0.3, 0.4) is 0 Å². The van der Waals surface area contributed by atoms with E-state index < -0.39 is 11.9 Å². The molecule has 0 saturated carbocycles. The van der Waals surface area contributed by atoms with Crippen molar-refractivity contribution >= 4 is 23.0 Å². The van der Waals surface area contributed by atoms with Gasteiger partial charge in [0.1, 0.15) is 5.58 Å². The van der Waals surface area contributed by atoms with Crippen molar-refractivity contribution in [2.24, 2.45) is 5.92 Å². The Labute approximate surface area is 139 Å². The Kier molecular flexibility index (Phi) is 4.59. The number of aliphatic carboxylic acids is 1. The summed E-state index contributed by atoms with van der Waals surface area (Å²) in [6.45, 7) is 0.982. The first-order chi connectivity index (χ1) is 11.6. The number of carboxylic acid groups (broad SMARTS) is 1. The number of methoxy groups -OCH3 is 1. The lowest BCUT2D eigenvalue weighted by atomic mass is 9.99. The maximum atomic E-state index is 12.3. The zero-order chi connectivity index (χ0) is 17.1. The third kappa shape index (κ3) is 3.15. The van der Waals surface area contributed by atoms with Crippen molar-refractivity contribution in [3.63, 3.8) is 0 Å². The fraction of sp³-hybridized carbons (Fsp3) is 0.412. The van der Waals surface area contributed by atoms with Gasteiger partial charge in [-0.3, -0.25) is 4.79 Å². The van der Waals surface area contributed by atoms with Crippen molar-refractivity contribution < 1.29 is 23.8 Å². The smallest absolute Gasteiger partial charge is 0.317 e. The van der Waals surface area contributed by atoms with E-state index in [1.807, 2.05) is 24.3 Å². The summed E-state index contributed by atoms with van der Waals surface area (Å²) in [7, 11) is 1.56. The van der Waals surface area contributed by atoms with Gasteiger partial charge in [-0.15, -0.1) is 0 Å². The number of nitrogens with one attached hydrogen (secondary N) is 1. The molecule has 0 bridgehead atoms. The molecule has 1 atom stereocenters. The van der Waals surface area contributed by atoms with E-state index in [9.17, 15) is 9.59 Å². The SMILES string of the molecule is COc1c(CNC(=O)N2CCCC(C(=O)O)C2)oc2ccccc12. The Balaban J connectivity index is 1.67. The van der Waals surface area contributed by atoms with Crippen LogP contribution in [-0.4, -0.2) is 42.2 Å². The number of benzene rings is 1. The van der Waals surface area contributed by atoms with E-state index in [0.29, 0.717) is 36.5 Å². The summed E-state index contributed by atoms with van der Waals surface area (Å²) in [6.07, 6.45) is 1.30. The second kappa shape index (κ2) is 6.82. The van der Waals surface area contributed by atoms with Gasteiger partial charge in [0.2, 0.25) is 0 Å². The first kappa shape index (κ1) is 16.2. The Morgan fingerprint density at radius 1 is 1.42 bits per heavy atom. The molecule has 3 rings (SSSR count). The summed E-state index contributed by atoms with van der Waals surface area (Å²) in [4.78, 5) is 24.9. The fourth-order valence-corrected chi connectivity index (χ4v) is 3.04. The van der Waals surface area contributed by atoms with Crippen molar-refractivity contribution in [2.45, 2.75) is 19.4 Å². The van der Waals surface area contributed by atoms with Crippen LogP contribution < -0.4 is 10.1 Å². The van der Waals surface area contributed by atoms with Gasteiger partial charge in [0.05, 0.1) is 25.0 Å². The maximum Gasteiger partial charge on any atom is 0.317 e. The quantitative estimate of drug-likeness (QED) is 0.897. The first-order valence-electron chi connectivity index (χ1n) is 7.90. The Bertz CT molecular complexity index is 755. The molecule has 2 heterocycles. The third-order valence-electron chi connectivity index (χ3n) is 4.28. The number of likely N-dealkylation sites (tertiary alicyclic amines) is 1. The van der Waals surface area contributed by atoms with Crippen LogP contribution in [-0.2, 0) is 11.3 Å². The summed E-state index contributed by atoms with van der Waals surface area (Å²) in [6, 6.07) is 7.20. The molecular formula is C17H20N2O5. The number of para-hydroxylation sites is 1. The number of carbonyl (C=O) groups excluding carboxylic acids is 1. The van der Waals surface area contributed by atoms with E-state index in [-0.39, 0.29) is 19.1 Å². The zero-order valence-corrected chi connectivity index (χ0v) is 13.4. The normalized spacial score (nSPS) is 17.7. The topological polar surface area (TPSA) is 92.0 Å². The number of hydrogen-bond donors (Lipinski definition) is 2. The zero-order valence-electron chi connectivity index (χ0n) is 13.4. The number of hydrogen-bond acceptors (Lipinski definition) is 4. The van der Waals surface area contributed by atoms with Crippen LogP contribution in [0.5, 0.6) is 5.75 Å². The largest absolute Gasteiger partial charge is 0.492 e. The van der Waals surface area contributed by atoms with E-state index in [4.69, 9.17) is 14.3 Å². The van der Waals surface area contributed by atoms with Gasteiger partial charge in [0, 0.05) is 13.1 Å². The summed E-state index contributed by atoms with van der Waals surface area (Å²) in [5.74, 6) is -0.205. The molecule has 2 amide bonds. The second-order valence-electron chi connectivity index (χ2n) is 5.84. The lowest BCUT2D eigenvalue weighted by molar-refractivity contribution is -0.143. The van der Waals surface area contributed by atoms with Gasteiger partial charge in [0.25, 0.3) is 0 Å². The number of rotatable bonds is 4. The number of urea groups is 1. The molecule has 1 unspecified atom stereocenters. The predicted molar refractivity (Wildman–Crippen MR) is 86.9 cm³/mol. The van der Waals surface area contributed by atoms with Crippen molar-refractivity contribution in [1.29, 1.82) is 0 Å². The van der Waals surface area contributed by atoms with Crippen LogP contribution in [0.2, 0.25) is 0 Å². The number of amides is 2. The molecule has 1 aromatic heterocycles. The lowest BCUT2D eigenvalue weighted by Crippen LogP contribution is -2.46. The van der Waals surface area contributed by atoms with Crippen LogP contribution >= 0.6 is 0 Å². The van der Waals surface area contributed by atoms with Crippen LogP contribution in [0.1, 0.15) is 18.6 Å². The van der Waals surface area contributed by atoms with E-state index in [1.54, 1.807) is 7.11 Å². The number of carbonyl (C=O) groups is 2. The lowest BCUT2D eigenvalue weighted by Gasteiger charge is -2.30. The number of piperidine rings is 1. The molecular weight excluding hydrogens is 312 g/mol. The fourth-order valence-electron chi connectivity index (χ4n) is 3.04. The minimum Gasteiger partial charge on any atom is -0.492 e. The maximum absolute atomic E-state index is 12.3. The molecule has 1 saturated heterocycles. The molecule has 1 aliphatic heterocycles. The van der Waals surface area contributed by atoms with E-state index in [1.165, 1.54) is 4.90 Å². The van der Waals surface area contributed by atoms with Gasteiger partial charge >= 0.3 is 12.0 Å². The Morgan fingerprint density at radius 2 is 2.21 bits per heavy atom. The van der Waals surface area contributed by atoms with E-state index in [2.05, 4.69) is 5.32 Å². The average Bonchev–Trinajstić information content (AvgIpc) is 2.97. The van der Waals surface area contributed by atoms with Crippen molar-refractivity contribution in [3.05, 3.63) is 30.0 Å². The van der Waals surface area contributed by atoms with Crippen LogP contribution in [0.15, 0.2) is 28.7 Å². The highest BCUT2D eigenvalue weighted by Crippen LogP contribution is 2.32. The molecule has 7 heteroatoms. The molecule has 0 spiro atoms. The molecule has 0 aliphatic carbocycles. The van der Waals surface area contributed by atoms with Crippen LogP contribution in [0.4, 0.5) is 4.79 Å². The van der Waals surface area contributed by atoms with Gasteiger partial charge < -0.3 is 24.5 Å². The highest BCUT2D eigenvalue weighted by molar-refractivity contribution is 5.85. The molecule has 1 aliphatic rings. The number of fused-ring (bicyclic) bond motifs is 1. The predicted octanol–water partition coefficient (Wildman–Crippen LogP) is 2.45. The van der Waals surface area contributed by atoms with Crippen molar-refractivity contribution in [1.82, 2.24) is 10.2 Å². The van der Waals surface area contributed by atoms with Crippen molar-refractivity contribution in [2.75, 3.05) is 20.2 Å². The average molecular weight is 332 g/mol. The number of carboxylic acids is 1. The molecule has 1 fully saturated rings. The highest BCUT2D eigenvalue weighted by Gasteiger charge is 2.28. The summed E-state index contributed by atoms with van der Waals surface area (Å²) in [5, 5.41) is 12.7.